The van der Waals surface area contributed by atoms with E-state index >= 15 is 0 Å². The lowest BCUT2D eigenvalue weighted by molar-refractivity contribution is -0.384. The normalized spacial score (nSPS) is 23.4. The molecule has 1 aromatic rings. The maximum atomic E-state index is 11.0. The van der Waals surface area contributed by atoms with Crippen LogP contribution in [0.25, 0.3) is 0 Å². The van der Waals surface area contributed by atoms with Crippen molar-refractivity contribution in [2.24, 2.45) is 5.92 Å². The Hall–Kier alpha value is -1.36. The van der Waals surface area contributed by atoms with Crippen LogP contribution in [0.15, 0.2) is 12.1 Å². The van der Waals surface area contributed by atoms with Crippen molar-refractivity contribution in [2.45, 2.75) is 44.6 Å². The highest BCUT2D eigenvalue weighted by molar-refractivity contribution is 6.29. The van der Waals surface area contributed by atoms with Crippen LogP contribution in [0.5, 0.6) is 0 Å². The van der Waals surface area contributed by atoms with E-state index in [0.717, 1.165) is 19.4 Å². The van der Waals surface area contributed by atoms with E-state index in [0.29, 0.717) is 17.8 Å². The molecule has 0 bridgehead atoms. The largest absolute Gasteiger partial charge is 0.353 e. The van der Waals surface area contributed by atoms with Gasteiger partial charge in [-0.3, -0.25) is 10.1 Å². The molecule has 0 aromatic carbocycles. The van der Waals surface area contributed by atoms with Gasteiger partial charge < -0.3 is 4.90 Å². The Bertz CT molecular complexity index is 517. The predicted molar refractivity (Wildman–Crippen MR) is 78.2 cm³/mol. The number of nitro groups is 1. The van der Waals surface area contributed by atoms with E-state index in [1.807, 2.05) is 0 Å². The summed E-state index contributed by atoms with van der Waals surface area (Å²) in [6, 6.07) is 3.34. The minimum Gasteiger partial charge on any atom is -0.353 e. The lowest BCUT2D eigenvalue weighted by atomic mass is 9.96. The molecule has 0 N–H and O–H groups in total. The summed E-state index contributed by atoms with van der Waals surface area (Å²) in [5, 5.41) is 11.2. The highest BCUT2D eigenvalue weighted by Crippen LogP contribution is 2.38. The Morgan fingerprint density at radius 2 is 2.00 bits per heavy atom. The zero-order chi connectivity index (χ0) is 14.1. The predicted octanol–water partition coefficient (Wildman–Crippen LogP) is 3.80. The summed E-state index contributed by atoms with van der Waals surface area (Å²) in [5.74, 6) is 1.37. The molecule has 2 fully saturated rings. The van der Waals surface area contributed by atoms with Gasteiger partial charge in [0.15, 0.2) is 0 Å². The molecule has 6 heteroatoms. The first-order valence-corrected chi connectivity index (χ1v) is 7.61. The Morgan fingerprint density at radius 3 is 2.70 bits per heavy atom. The van der Waals surface area contributed by atoms with Crippen LogP contribution >= 0.6 is 11.6 Å². The second-order valence-electron chi connectivity index (χ2n) is 5.71. The molecule has 2 heterocycles. The third kappa shape index (κ3) is 2.59. The minimum absolute atomic E-state index is 0.0251. The summed E-state index contributed by atoms with van der Waals surface area (Å²) < 4.78 is 0. The average Bonchev–Trinajstić information content (AvgIpc) is 3.08. The molecule has 1 atom stereocenters. The van der Waals surface area contributed by atoms with Gasteiger partial charge in [-0.25, -0.2) is 4.98 Å². The van der Waals surface area contributed by atoms with Gasteiger partial charge in [0, 0.05) is 12.6 Å². The summed E-state index contributed by atoms with van der Waals surface area (Å²) in [5.41, 5.74) is 0.0251. The highest BCUT2D eigenvalue weighted by Gasteiger charge is 2.34. The zero-order valence-electron chi connectivity index (χ0n) is 11.3. The number of rotatable bonds is 3. The van der Waals surface area contributed by atoms with E-state index in [-0.39, 0.29) is 10.8 Å². The van der Waals surface area contributed by atoms with Gasteiger partial charge in [-0.15, -0.1) is 0 Å². The van der Waals surface area contributed by atoms with E-state index in [2.05, 4.69) is 9.88 Å². The molecule has 1 saturated carbocycles. The highest BCUT2D eigenvalue weighted by atomic mass is 35.5. The Labute approximate surface area is 123 Å². The summed E-state index contributed by atoms with van der Waals surface area (Å²) in [7, 11) is 0. The van der Waals surface area contributed by atoms with Crippen LogP contribution < -0.4 is 4.90 Å². The van der Waals surface area contributed by atoms with Gasteiger partial charge in [-0.05, 0) is 31.6 Å². The first-order chi connectivity index (χ1) is 9.65. The van der Waals surface area contributed by atoms with Crippen molar-refractivity contribution in [1.29, 1.82) is 0 Å². The maximum Gasteiger partial charge on any atom is 0.276 e. The Kier molecular flexibility index (Phi) is 3.78. The van der Waals surface area contributed by atoms with Gasteiger partial charge in [-0.1, -0.05) is 24.4 Å². The molecule has 1 saturated heterocycles. The van der Waals surface area contributed by atoms with E-state index in [4.69, 9.17) is 11.6 Å². The van der Waals surface area contributed by atoms with Gasteiger partial charge in [0.25, 0.3) is 5.69 Å². The third-order valence-electron chi connectivity index (χ3n) is 4.51. The summed E-state index contributed by atoms with van der Waals surface area (Å²) in [4.78, 5) is 17.1. The Morgan fingerprint density at radius 1 is 1.25 bits per heavy atom. The quantitative estimate of drug-likeness (QED) is 0.483. The molecular formula is C14H18ClN3O2. The molecule has 0 amide bonds. The number of aromatic nitrogens is 1. The lowest BCUT2D eigenvalue weighted by Gasteiger charge is -2.30. The van der Waals surface area contributed by atoms with Crippen LogP contribution in [0.3, 0.4) is 0 Å². The van der Waals surface area contributed by atoms with Crippen molar-refractivity contribution in [3.63, 3.8) is 0 Å². The average molecular weight is 296 g/mol. The monoisotopic (exact) mass is 295 g/mol. The van der Waals surface area contributed by atoms with E-state index in [1.165, 1.54) is 31.7 Å². The number of pyridine rings is 1. The molecule has 1 aromatic heterocycles. The minimum atomic E-state index is -0.405. The fourth-order valence-corrected chi connectivity index (χ4v) is 3.83. The number of halogens is 1. The van der Waals surface area contributed by atoms with Crippen molar-refractivity contribution < 1.29 is 4.92 Å². The molecule has 3 rings (SSSR count). The first-order valence-electron chi connectivity index (χ1n) is 7.24. The van der Waals surface area contributed by atoms with E-state index < -0.39 is 4.92 Å². The van der Waals surface area contributed by atoms with Crippen LogP contribution in [0.2, 0.25) is 5.15 Å². The van der Waals surface area contributed by atoms with Crippen molar-refractivity contribution in [1.82, 2.24) is 4.98 Å². The molecule has 5 nitrogen and oxygen atoms in total. The smallest absolute Gasteiger partial charge is 0.276 e. The van der Waals surface area contributed by atoms with Crippen LogP contribution in [0.4, 0.5) is 11.5 Å². The summed E-state index contributed by atoms with van der Waals surface area (Å²) in [6.07, 6.45) is 7.43. The van der Waals surface area contributed by atoms with Crippen LogP contribution in [-0.4, -0.2) is 22.5 Å². The molecule has 0 radical (unpaired) electrons. The second-order valence-corrected chi connectivity index (χ2v) is 6.10. The summed E-state index contributed by atoms with van der Waals surface area (Å²) in [6.45, 7) is 0.922. The van der Waals surface area contributed by atoms with E-state index in [1.54, 1.807) is 6.07 Å². The number of hydrogen-bond acceptors (Lipinski definition) is 4. The van der Waals surface area contributed by atoms with Crippen LogP contribution in [0, 0.1) is 16.0 Å². The molecule has 2 aliphatic rings. The van der Waals surface area contributed by atoms with Crippen LogP contribution in [0.1, 0.15) is 38.5 Å². The molecule has 1 aliphatic carbocycles. The van der Waals surface area contributed by atoms with E-state index in [9.17, 15) is 10.1 Å². The van der Waals surface area contributed by atoms with Gasteiger partial charge >= 0.3 is 0 Å². The molecule has 108 valence electrons. The number of anilines is 1. The SMILES string of the molecule is O=[N+]([O-])c1cc(Cl)nc(N2CCCC2C2CCCC2)c1. The second kappa shape index (κ2) is 5.56. The maximum absolute atomic E-state index is 11.0. The molecule has 1 aliphatic heterocycles. The molecule has 1 unspecified atom stereocenters. The van der Waals surface area contributed by atoms with Gasteiger partial charge in [0.2, 0.25) is 0 Å². The van der Waals surface area contributed by atoms with Gasteiger partial charge in [0.05, 0.1) is 17.1 Å². The third-order valence-corrected chi connectivity index (χ3v) is 4.71. The van der Waals surface area contributed by atoms with Crippen molar-refractivity contribution >= 4 is 23.1 Å². The van der Waals surface area contributed by atoms with Crippen molar-refractivity contribution in [2.75, 3.05) is 11.4 Å². The molecular weight excluding hydrogens is 278 g/mol. The molecule has 0 spiro atoms. The summed E-state index contributed by atoms with van der Waals surface area (Å²) >= 11 is 5.94. The molecule has 20 heavy (non-hydrogen) atoms. The van der Waals surface area contributed by atoms with Crippen molar-refractivity contribution in [3.8, 4) is 0 Å². The van der Waals surface area contributed by atoms with Crippen molar-refractivity contribution in [3.05, 3.63) is 27.4 Å². The standard InChI is InChI=1S/C14H18ClN3O2/c15-13-8-11(18(19)20)9-14(16-13)17-7-3-6-12(17)10-4-1-2-5-10/h8-10,12H,1-7H2. The first kappa shape index (κ1) is 13.6. The van der Waals surface area contributed by atoms with Gasteiger partial charge in [0.1, 0.15) is 11.0 Å². The topological polar surface area (TPSA) is 59.3 Å². The fraction of sp³-hybridized carbons (Fsp3) is 0.643. The zero-order valence-corrected chi connectivity index (χ0v) is 12.1. The lowest BCUT2D eigenvalue weighted by Crippen LogP contribution is -2.35. The fourth-order valence-electron chi connectivity index (χ4n) is 3.63. The van der Waals surface area contributed by atoms with Gasteiger partial charge in [-0.2, -0.15) is 0 Å². The van der Waals surface area contributed by atoms with Crippen LogP contribution in [-0.2, 0) is 0 Å². The number of nitrogens with zero attached hydrogens (tertiary/aromatic N) is 3. The Balaban J connectivity index is 1.88. The number of hydrogen-bond donors (Lipinski definition) is 0.